The fourth-order valence-corrected chi connectivity index (χ4v) is 2.03. The molecular formula is C17H18O4. The van der Waals surface area contributed by atoms with E-state index < -0.39 is 5.97 Å². The predicted molar refractivity (Wildman–Crippen MR) is 79.7 cm³/mol. The number of carbonyl (C=O) groups is 1. The molecule has 4 heteroatoms. The maximum atomic E-state index is 11.1. The second kappa shape index (κ2) is 6.90. The topological polar surface area (TPSA) is 66.8 Å². The third-order valence-corrected chi connectivity index (χ3v) is 3.34. The summed E-state index contributed by atoms with van der Waals surface area (Å²) >= 11 is 0. The van der Waals surface area contributed by atoms with Gasteiger partial charge in [-0.3, -0.25) is 0 Å². The van der Waals surface area contributed by atoms with Gasteiger partial charge in [-0.1, -0.05) is 37.3 Å². The highest BCUT2D eigenvalue weighted by atomic mass is 16.5. The number of carboxylic acids is 1. The number of ether oxygens (including phenoxy) is 1. The van der Waals surface area contributed by atoms with Crippen molar-refractivity contribution in [3.63, 3.8) is 0 Å². The van der Waals surface area contributed by atoms with E-state index >= 15 is 0 Å². The van der Waals surface area contributed by atoms with E-state index in [1.54, 1.807) is 24.3 Å². The first-order valence-electron chi connectivity index (χ1n) is 6.76. The van der Waals surface area contributed by atoms with Gasteiger partial charge in [-0.05, 0) is 23.8 Å². The van der Waals surface area contributed by atoms with Gasteiger partial charge in [-0.2, -0.15) is 0 Å². The molecule has 0 heterocycles. The van der Waals surface area contributed by atoms with Gasteiger partial charge in [0.1, 0.15) is 12.4 Å². The van der Waals surface area contributed by atoms with E-state index in [1.807, 2.05) is 31.2 Å². The minimum Gasteiger partial charge on any atom is -0.489 e. The average Bonchev–Trinajstić information content (AvgIpc) is 2.52. The quantitative estimate of drug-likeness (QED) is 0.856. The summed E-state index contributed by atoms with van der Waals surface area (Å²) in [6.45, 7) is 2.20. The maximum absolute atomic E-state index is 11.1. The number of aromatic carboxylic acids is 1. The van der Waals surface area contributed by atoms with Crippen molar-refractivity contribution in [2.24, 2.45) is 0 Å². The lowest BCUT2D eigenvalue weighted by atomic mass is 10.0. The monoisotopic (exact) mass is 286 g/mol. The molecule has 0 bridgehead atoms. The molecule has 0 aliphatic carbocycles. The first kappa shape index (κ1) is 15.1. The third kappa shape index (κ3) is 3.83. The minimum absolute atomic E-state index is 0.0415. The lowest BCUT2D eigenvalue weighted by Gasteiger charge is -2.12. The number of hydrogen-bond donors (Lipinski definition) is 2. The van der Waals surface area contributed by atoms with Crippen LogP contribution in [0.25, 0.3) is 0 Å². The Morgan fingerprint density at radius 1 is 1.19 bits per heavy atom. The Bertz CT molecular complexity index is 622. The molecule has 2 aromatic carbocycles. The Kier molecular flexibility index (Phi) is 4.95. The van der Waals surface area contributed by atoms with Crippen LogP contribution < -0.4 is 4.74 Å². The molecule has 0 aliphatic heterocycles. The Morgan fingerprint density at radius 3 is 2.67 bits per heavy atom. The molecule has 2 N–H and O–H groups in total. The molecule has 0 saturated carbocycles. The second-order valence-corrected chi connectivity index (χ2v) is 4.91. The highest BCUT2D eigenvalue weighted by molar-refractivity contribution is 5.89. The Balaban J connectivity index is 2.12. The fourth-order valence-electron chi connectivity index (χ4n) is 2.03. The molecule has 0 amide bonds. The van der Waals surface area contributed by atoms with Crippen molar-refractivity contribution in [2.45, 2.75) is 19.4 Å². The van der Waals surface area contributed by atoms with Crippen LogP contribution in [-0.2, 0) is 6.61 Å². The van der Waals surface area contributed by atoms with E-state index in [1.165, 1.54) is 0 Å². The van der Waals surface area contributed by atoms with Crippen molar-refractivity contribution in [1.29, 1.82) is 0 Å². The summed E-state index contributed by atoms with van der Waals surface area (Å²) in [4.78, 5) is 11.1. The van der Waals surface area contributed by atoms with Gasteiger partial charge >= 0.3 is 5.97 Å². The first-order valence-corrected chi connectivity index (χ1v) is 6.76. The number of carboxylic acid groups (broad SMARTS) is 1. The van der Waals surface area contributed by atoms with Crippen LogP contribution in [0.2, 0.25) is 0 Å². The number of rotatable bonds is 6. The second-order valence-electron chi connectivity index (χ2n) is 4.91. The van der Waals surface area contributed by atoms with Crippen LogP contribution >= 0.6 is 0 Å². The molecule has 110 valence electrons. The molecule has 0 fully saturated rings. The third-order valence-electron chi connectivity index (χ3n) is 3.34. The van der Waals surface area contributed by atoms with E-state index in [9.17, 15) is 9.90 Å². The first-order chi connectivity index (χ1) is 10.1. The van der Waals surface area contributed by atoms with Crippen LogP contribution in [0, 0.1) is 0 Å². The van der Waals surface area contributed by atoms with E-state index in [4.69, 9.17) is 9.84 Å². The van der Waals surface area contributed by atoms with Gasteiger partial charge in [0, 0.05) is 18.1 Å². The van der Waals surface area contributed by atoms with Gasteiger partial charge in [-0.15, -0.1) is 0 Å². The molecule has 0 aromatic heterocycles. The Labute approximate surface area is 123 Å². The van der Waals surface area contributed by atoms with E-state index in [2.05, 4.69) is 0 Å². The zero-order valence-electron chi connectivity index (χ0n) is 11.8. The van der Waals surface area contributed by atoms with Gasteiger partial charge < -0.3 is 14.9 Å². The highest BCUT2D eigenvalue weighted by Gasteiger charge is 2.10. The van der Waals surface area contributed by atoms with Crippen LogP contribution in [0.15, 0.2) is 48.5 Å². The fraction of sp³-hybridized carbons (Fsp3) is 0.235. The van der Waals surface area contributed by atoms with Crippen molar-refractivity contribution in [3.8, 4) is 5.75 Å². The van der Waals surface area contributed by atoms with Crippen LogP contribution in [0.4, 0.5) is 0 Å². The van der Waals surface area contributed by atoms with Gasteiger partial charge in [0.25, 0.3) is 0 Å². The standard InChI is InChI=1S/C17H18O4/c1-12(10-18)13-6-4-7-15(9-13)21-11-14-5-2-3-8-16(14)17(19)20/h2-9,12,18H,10-11H2,1H3,(H,19,20)/t12-/m0/s1. The summed E-state index contributed by atoms with van der Waals surface area (Å²) in [5.41, 5.74) is 1.87. The van der Waals surface area contributed by atoms with Crippen LogP contribution in [0.5, 0.6) is 5.75 Å². The summed E-state index contributed by atoms with van der Waals surface area (Å²) in [6, 6.07) is 14.3. The molecule has 2 rings (SSSR count). The van der Waals surface area contributed by atoms with Crippen LogP contribution in [-0.4, -0.2) is 22.8 Å². The predicted octanol–water partition coefficient (Wildman–Crippen LogP) is 3.06. The number of benzene rings is 2. The van der Waals surface area contributed by atoms with E-state index in [-0.39, 0.29) is 24.7 Å². The number of aliphatic hydroxyl groups excluding tert-OH is 1. The SMILES string of the molecule is C[C@@H](CO)c1cccc(OCc2ccccc2C(=O)O)c1. The van der Waals surface area contributed by atoms with Crippen molar-refractivity contribution in [1.82, 2.24) is 0 Å². The Morgan fingerprint density at radius 2 is 1.95 bits per heavy atom. The molecule has 2 aromatic rings. The maximum Gasteiger partial charge on any atom is 0.336 e. The number of aliphatic hydroxyl groups is 1. The zero-order valence-corrected chi connectivity index (χ0v) is 11.8. The van der Waals surface area contributed by atoms with Crippen LogP contribution in [0.1, 0.15) is 34.3 Å². The summed E-state index contributed by atoms with van der Waals surface area (Å²) < 4.78 is 5.67. The minimum atomic E-state index is -0.961. The molecule has 21 heavy (non-hydrogen) atoms. The van der Waals surface area contributed by atoms with Crippen LogP contribution in [0.3, 0.4) is 0 Å². The smallest absolute Gasteiger partial charge is 0.336 e. The molecule has 0 aliphatic rings. The summed E-state index contributed by atoms with van der Waals surface area (Å²) in [5, 5.41) is 18.3. The lowest BCUT2D eigenvalue weighted by molar-refractivity contribution is 0.0694. The van der Waals surface area contributed by atoms with Gasteiger partial charge in [0.05, 0.1) is 5.56 Å². The summed E-state index contributed by atoms with van der Waals surface area (Å²) in [7, 11) is 0. The number of hydrogen-bond acceptors (Lipinski definition) is 3. The summed E-state index contributed by atoms with van der Waals surface area (Å²) in [6.07, 6.45) is 0. The van der Waals surface area contributed by atoms with E-state index in [0.29, 0.717) is 11.3 Å². The molecular weight excluding hydrogens is 268 g/mol. The van der Waals surface area contributed by atoms with Crippen molar-refractivity contribution < 1.29 is 19.7 Å². The van der Waals surface area contributed by atoms with Crippen molar-refractivity contribution >= 4 is 5.97 Å². The average molecular weight is 286 g/mol. The lowest BCUT2D eigenvalue weighted by Crippen LogP contribution is -2.05. The molecule has 4 nitrogen and oxygen atoms in total. The molecule has 0 spiro atoms. The largest absolute Gasteiger partial charge is 0.489 e. The summed E-state index contributed by atoms with van der Waals surface area (Å²) in [5.74, 6) is -0.260. The van der Waals surface area contributed by atoms with Crippen molar-refractivity contribution in [2.75, 3.05) is 6.61 Å². The zero-order chi connectivity index (χ0) is 15.2. The van der Waals surface area contributed by atoms with Gasteiger partial charge in [0.2, 0.25) is 0 Å². The normalized spacial score (nSPS) is 11.9. The molecule has 0 saturated heterocycles. The Hall–Kier alpha value is -2.33. The van der Waals surface area contributed by atoms with Crippen molar-refractivity contribution in [3.05, 3.63) is 65.2 Å². The highest BCUT2D eigenvalue weighted by Crippen LogP contribution is 2.21. The van der Waals surface area contributed by atoms with Gasteiger partial charge in [0.15, 0.2) is 0 Å². The van der Waals surface area contributed by atoms with Gasteiger partial charge in [-0.25, -0.2) is 4.79 Å². The molecule has 0 unspecified atom stereocenters. The molecule has 0 radical (unpaired) electrons. The molecule has 1 atom stereocenters. The van der Waals surface area contributed by atoms with E-state index in [0.717, 1.165) is 5.56 Å².